The molecule has 18 heavy (non-hydrogen) atoms. The van der Waals surface area contributed by atoms with Crippen molar-refractivity contribution in [2.24, 2.45) is 0 Å². The number of carbonyl (C=O) groups is 1. The quantitative estimate of drug-likeness (QED) is 0.529. The third kappa shape index (κ3) is 13.4. The van der Waals surface area contributed by atoms with E-state index < -0.39 is 0 Å². The van der Waals surface area contributed by atoms with Gasteiger partial charge in [-0.1, -0.05) is 13.8 Å². The molecule has 0 fully saturated rings. The highest BCUT2D eigenvalue weighted by Crippen LogP contribution is 1.88. The summed E-state index contributed by atoms with van der Waals surface area (Å²) in [6.07, 6.45) is 1.46. The van der Waals surface area contributed by atoms with Crippen molar-refractivity contribution in [1.82, 2.24) is 15.5 Å². The Hall–Kier alpha value is -0.650. The van der Waals surface area contributed by atoms with Crippen LogP contribution in [-0.4, -0.2) is 63.8 Å². The molecule has 1 amide bonds. The lowest BCUT2D eigenvalue weighted by Gasteiger charge is -2.10. The van der Waals surface area contributed by atoms with Crippen LogP contribution in [0.3, 0.4) is 0 Å². The highest BCUT2D eigenvalue weighted by atomic mass is 16.5. The van der Waals surface area contributed by atoms with E-state index >= 15 is 0 Å². The fourth-order valence-electron chi connectivity index (χ4n) is 1.34. The fraction of sp³-hybridized carbons (Fsp3) is 0.923. The normalized spacial score (nSPS) is 11.2. The lowest BCUT2D eigenvalue weighted by molar-refractivity contribution is -0.121. The molecule has 2 N–H and O–H groups in total. The van der Waals surface area contributed by atoms with Crippen molar-refractivity contribution in [1.29, 1.82) is 0 Å². The lowest BCUT2D eigenvalue weighted by atomic mass is 10.2. The highest BCUT2D eigenvalue weighted by molar-refractivity contribution is 5.75. The minimum Gasteiger partial charge on any atom is -0.378 e. The standard InChI is InChI=1S/C13H29N3O2/c1-12(2)14-7-5-6-13(17)15-8-10-18-11-9-16(3)4/h12,14H,5-11H2,1-4H3,(H,15,17). The van der Waals surface area contributed by atoms with E-state index in [2.05, 4.69) is 29.4 Å². The van der Waals surface area contributed by atoms with E-state index in [0.29, 0.717) is 32.2 Å². The van der Waals surface area contributed by atoms with Crippen LogP contribution in [-0.2, 0) is 9.53 Å². The number of likely N-dealkylation sites (N-methyl/N-ethyl adjacent to an activating group) is 1. The Bertz CT molecular complexity index is 208. The number of hydrogen-bond donors (Lipinski definition) is 2. The van der Waals surface area contributed by atoms with Crippen LogP contribution in [0.4, 0.5) is 0 Å². The summed E-state index contributed by atoms with van der Waals surface area (Å²) in [6, 6.07) is 0.484. The second kappa shape index (κ2) is 11.4. The zero-order valence-electron chi connectivity index (χ0n) is 12.3. The van der Waals surface area contributed by atoms with E-state index in [1.165, 1.54) is 0 Å². The minimum absolute atomic E-state index is 0.108. The van der Waals surface area contributed by atoms with E-state index in [0.717, 1.165) is 19.5 Å². The monoisotopic (exact) mass is 259 g/mol. The number of nitrogens with one attached hydrogen (secondary N) is 2. The molecule has 0 aliphatic carbocycles. The van der Waals surface area contributed by atoms with Crippen molar-refractivity contribution in [3.63, 3.8) is 0 Å². The Morgan fingerprint density at radius 3 is 2.56 bits per heavy atom. The molecule has 0 radical (unpaired) electrons. The van der Waals surface area contributed by atoms with Crippen molar-refractivity contribution < 1.29 is 9.53 Å². The summed E-state index contributed by atoms with van der Waals surface area (Å²) in [7, 11) is 4.02. The summed E-state index contributed by atoms with van der Waals surface area (Å²) in [5.41, 5.74) is 0. The van der Waals surface area contributed by atoms with Gasteiger partial charge in [-0.25, -0.2) is 0 Å². The fourth-order valence-corrected chi connectivity index (χ4v) is 1.34. The van der Waals surface area contributed by atoms with Gasteiger partial charge in [0.25, 0.3) is 0 Å². The topological polar surface area (TPSA) is 53.6 Å². The van der Waals surface area contributed by atoms with Crippen LogP contribution >= 0.6 is 0 Å². The number of hydrogen-bond acceptors (Lipinski definition) is 4. The summed E-state index contributed by atoms with van der Waals surface area (Å²) in [4.78, 5) is 13.5. The van der Waals surface area contributed by atoms with Crippen LogP contribution in [0, 0.1) is 0 Å². The summed E-state index contributed by atoms with van der Waals surface area (Å²) in [6.45, 7) is 7.91. The Morgan fingerprint density at radius 2 is 1.94 bits per heavy atom. The summed E-state index contributed by atoms with van der Waals surface area (Å²) in [5.74, 6) is 0.108. The molecule has 0 rings (SSSR count). The molecule has 0 aliphatic rings. The van der Waals surface area contributed by atoms with E-state index in [1.807, 2.05) is 14.1 Å². The number of rotatable bonds is 11. The van der Waals surface area contributed by atoms with Gasteiger partial charge in [-0.3, -0.25) is 4.79 Å². The van der Waals surface area contributed by atoms with Gasteiger partial charge in [0.2, 0.25) is 5.91 Å². The average Bonchev–Trinajstić information content (AvgIpc) is 2.28. The molecular weight excluding hydrogens is 230 g/mol. The van der Waals surface area contributed by atoms with Crippen LogP contribution in [0.5, 0.6) is 0 Å². The van der Waals surface area contributed by atoms with Gasteiger partial charge in [-0.05, 0) is 27.1 Å². The van der Waals surface area contributed by atoms with Crippen molar-refractivity contribution in [3.8, 4) is 0 Å². The first-order chi connectivity index (χ1) is 8.52. The van der Waals surface area contributed by atoms with Gasteiger partial charge in [-0.2, -0.15) is 0 Å². The number of amides is 1. The minimum atomic E-state index is 0.108. The number of nitrogens with zero attached hydrogens (tertiary/aromatic N) is 1. The van der Waals surface area contributed by atoms with Gasteiger partial charge >= 0.3 is 0 Å². The molecule has 0 heterocycles. The molecule has 0 unspecified atom stereocenters. The maximum Gasteiger partial charge on any atom is 0.220 e. The van der Waals surface area contributed by atoms with Crippen LogP contribution in [0.1, 0.15) is 26.7 Å². The first-order valence-electron chi connectivity index (χ1n) is 6.75. The van der Waals surface area contributed by atoms with Crippen molar-refractivity contribution in [3.05, 3.63) is 0 Å². The molecule has 0 saturated carbocycles. The Balaban J connectivity index is 3.22. The molecule has 5 heteroatoms. The first-order valence-corrected chi connectivity index (χ1v) is 6.75. The van der Waals surface area contributed by atoms with Crippen LogP contribution < -0.4 is 10.6 Å². The van der Waals surface area contributed by atoms with Gasteiger partial charge in [-0.15, -0.1) is 0 Å². The molecule has 108 valence electrons. The Labute approximate surface area is 111 Å². The summed E-state index contributed by atoms with van der Waals surface area (Å²) in [5, 5.41) is 6.14. The van der Waals surface area contributed by atoms with Gasteiger partial charge < -0.3 is 20.3 Å². The molecular formula is C13H29N3O2. The van der Waals surface area contributed by atoms with Crippen molar-refractivity contribution in [2.45, 2.75) is 32.7 Å². The van der Waals surface area contributed by atoms with Gasteiger partial charge in [0, 0.05) is 25.6 Å². The summed E-state index contributed by atoms with van der Waals surface area (Å²) >= 11 is 0. The third-order valence-electron chi connectivity index (χ3n) is 2.38. The smallest absolute Gasteiger partial charge is 0.220 e. The SMILES string of the molecule is CC(C)NCCCC(=O)NCCOCCN(C)C. The van der Waals surface area contributed by atoms with Crippen LogP contribution in [0.15, 0.2) is 0 Å². The molecule has 0 aliphatic heterocycles. The molecule has 0 saturated heterocycles. The molecule has 0 bridgehead atoms. The van der Waals surface area contributed by atoms with Gasteiger partial charge in [0.15, 0.2) is 0 Å². The maximum absolute atomic E-state index is 11.4. The third-order valence-corrected chi connectivity index (χ3v) is 2.38. The predicted octanol–water partition coefficient (Wildman–Crippen LogP) is 0.459. The Morgan fingerprint density at radius 1 is 1.22 bits per heavy atom. The second-order valence-electron chi connectivity index (χ2n) is 4.98. The zero-order valence-corrected chi connectivity index (χ0v) is 12.3. The lowest BCUT2D eigenvalue weighted by Crippen LogP contribution is -2.29. The van der Waals surface area contributed by atoms with Crippen molar-refractivity contribution >= 4 is 5.91 Å². The Kier molecular flexibility index (Phi) is 11.0. The van der Waals surface area contributed by atoms with Crippen molar-refractivity contribution in [2.75, 3.05) is 46.9 Å². The second-order valence-corrected chi connectivity index (χ2v) is 4.98. The molecule has 0 atom stereocenters. The molecule has 0 aromatic rings. The van der Waals surface area contributed by atoms with E-state index in [9.17, 15) is 4.79 Å². The predicted molar refractivity (Wildman–Crippen MR) is 74.8 cm³/mol. The first kappa shape index (κ1) is 17.4. The summed E-state index contributed by atoms with van der Waals surface area (Å²) < 4.78 is 5.38. The van der Waals surface area contributed by atoms with E-state index in [1.54, 1.807) is 0 Å². The highest BCUT2D eigenvalue weighted by Gasteiger charge is 2.00. The molecule has 0 aromatic carbocycles. The van der Waals surface area contributed by atoms with Crippen LogP contribution in [0.2, 0.25) is 0 Å². The maximum atomic E-state index is 11.4. The molecule has 0 aromatic heterocycles. The van der Waals surface area contributed by atoms with Gasteiger partial charge in [0.1, 0.15) is 0 Å². The zero-order chi connectivity index (χ0) is 13.8. The van der Waals surface area contributed by atoms with Gasteiger partial charge in [0.05, 0.1) is 13.2 Å². The average molecular weight is 259 g/mol. The number of ether oxygens (including phenoxy) is 1. The molecule has 0 spiro atoms. The largest absolute Gasteiger partial charge is 0.378 e. The van der Waals surface area contributed by atoms with Crippen LogP contribution in [0.25, 0.3) is 0 Å². The van der Waals surface area contributed by atoms with E-state index in [4.69, 9.17) is 4.74 Å². The van der Waals surface area contributed by atoms with E-state index in [-0.39, 0.29) is 5.91 Å². The molecule has 5 nitrogen and oxygen atoms in total. The number of carbonyl (C=O) groups excluding carboxylic acids is 1.